The number of nitrogens with zero attached hydrogens (tertiary/aromatic N) is 1. The fraction of sp³-hybridized carbons (Fsp3) is 0. The Kier molecular flexibility index (Phi) is 2.74. The van der Waals surface area contributed by atoms with Crippen LogP contribution >= 0.6 is 12.2 Å². The Labute approximate surface area is 93.8 Å². The lowest BCUT2D eigenvalue weighted by Gasteiger charge is -2.03. The number of aromatic amines is 1. The normalized spacial score (nSPS) is 10.4. The van der Waals surface area contributed by atoms with E-state index in [0.717, 1.165) is 18.3 Å². The van der Waals surface area contributed by atoms with Gasteiger partial charge in [-0.3, -0.25) is 0 Å². The summed E-state index contributed by atoms with van der Waals surface area (Å²) in [5, 5.41) is 0. The van der Waals surface area contributed by atoms with Gasteiger partial charge in [-0.25, -0.2) is 18.2 Å². The first-order chi connectivity index (χ1) is 7.56. The van der Waals surface area contributed by atoms with Crippen LogP contribution in [0.25, 0.3) is 11.3 Å². The third-order valence-electron chi connectivity index (χ3n) is 1.92. The number of benzene rings is 1. The summed E-state index contributed by atoms with van der Waals surface area (Å²) in [6.07, 6.45) is 0.900. The highest BCUT2D eigenvalue weighted by molar-refractivity contribution is 7.71. The smallest absolute Gasteiger partial charge is 0.197 e. The highest BCUT2D eigenvalue weighted by Gasteiger charge is 2.08. The van der Waals surface area contributed by atoms with Gasteiger partial charge in [-0.2, -0.15) is 0 Å². The van der Waals surface area contributed by atoms with Crippen molar-refractivity contribution in [2.24, 2.45) is 0 Å². The molecule has 2 rings (SSSR count). The van der Waals surface area contributed by atoms with E-state index < -0.39 is 17.5 Å². The molecule has 0 aliphatic rings. The molecule has 0 saturated carbocycles. The summed E-state index contributed by atoms with van der Waals surface area (Å²) in [5.74, 6) is -2.30. The third-order valence-corrected chi connectivity index (χ3v) is 2.12. The van der Waals surface area contributed by atoms with Crippen LogP contribution in [0.5, 0.6) is 0 Å². The van der Waals surface area contributed by atoms with Crippen LogP contribution in [0.3, 0.4) is 0 Å². The maximum Gasteiger partial charge on any atom is 0.197 e. The lowest BCUT2D eigenvalue weighted by atomic mass is 10.1. The van der Waals surface area contributed by atoms with Gasteiger partial charge in [0.1, 0.15) is 11.6 Å². The number of hydrogen-bond donors (Lipinski definition) is 1. The van der Waals surface area contributed by atoms with Crippen LogP contribution in [-0.4, -0.2) is 9.97 Å². The molecule has 0 unspecified atom stereocenters. The minimum absolute atomic E-state index is 0.0427. The molecule has 82 valence electrons. The molecule has 0 amide bonds. The van der Waals surface area contributed by atoms with Gasteiger partial charge in [0.2, 0.25) is 0 Å². The second-order valence-corrected chi connectivity index (χ2v) is 3.46. The van der Waals surface area contributed by atoms with E-state index in [0.29, 0.717) is 6.07 Å². The Morgan fingerprint density at radius 2 is 1.69 bits per heavy atom. The molecule has 0 bridgehead atoms. The molecule has 1 heterocycles. The maximum absolute atomic E-state index is 13.3. The maximum atomic E-state index is 13.3. The predicted octanol–water partition coefficient (Wildman–Crippen LogP) is 3.22. The van der Waals surface area contributed by atoms with Crippen molar-refractivity contribution in [3.05, 3.63) is 46.6 Å². The van der Waals surface area contributed by atoms with E-state index in [2.05, 4.69) is 9.97 Å². The fourth-order valence-corrected chi connectivity index (χ4v) is 1.44. The average molecular weight is 242 g/mol. The summed E-state index contributed by atoms with van der Waals surface area (Å²) in [7, 11) is 0. The second kappa shape index (κ2) is 4.05. The van der Waals surface area contributed by atoms with Crippen molar-refractivity contribution in [2.45, 2.75) is 0 Å². The topological polar surface area (TPSA) is 28.7 Å². The van der Waals surface area contributed by atoms with Crippen molar-refractivity contribution >= 4 is 12.2 Å². The lowest BCUT2D eigenvalue weighted by Crippen LogP contribution is -1.93. The summed E-state index contributed by atoms with van der Waals surface area (Å²) < 4.78 is 39.2. The quantitative estimate of drug-likeness (QED) is 0.778. The first kappa shape index (κ1) is 10.8. The molecule has 0 aliphatic heterocycles. The second-order valence-electron chi connectivity index (χ2n) is 3.07. The monoisotopic (exact) mass is 242 g/mol. The van der Waals surface area contributed by atoms with Gasteiger partial charge < -0.3 is 4.98 Å². The zero-order chi connectivity index (χ0) is 11.7. The largest absolute Gasteiger partial charge is 0.328 e. The minimum atomic E-state index is -0.787. The molecule has 1 aromatic carbocycles. The molecule has 0 fully saturated rings. The molecular weight excluding hydrogens is 237 g/mol. The van der Waals surface area contributed by atoms with Crippen molar-refractivity contribution in [3.8, 4) is 11.3 Å². The number of rotatable bonds is 1. The van der Waals surface area contributed by atoms with Gasteiger partial charge in [-0.15, -0.1) is 0 Å². The van der Waals surface area contributed by atoms with E-state index in [1.54, 1.807) is 0 Å². The van der Waals surface area contributed by atoms with Gasteiger partial charge in [0.15, 0.2) is 10.6 Å². The number of halogens is 3. The molecule has 0 aliphatic carbocycles. The van der Waals surface area contributed by atoms with E-state index >= 15 is 0 Å². The molecule has 0 spiro atoms. The van der Waals surface area contributed by atoms with Gasteiger partial charge in [-0.1, -0.05) is 0 Å². The Morgan fingerprint density at radius 3 is 2.31 bits per heavy atom. The van der Waals surface area contributed by atoms with Crippen molar-refractivity contribution in [2.75, 3.05) is 0 Å². The molecule has 0 saturated heterocycles. The van der Waals surface area contributed by atoms with E-state index in [9.17, 15) is 13.2 Å². The Balaban J connectivity index is 2.66. The van der Waals surface area contributed by atoms with Crippen molar-refractivity contribution in [1.82, 2.24) is 9.97 Å². The van der Waals surface area contributed by atoms with E-state index in [-0.39, 0.29) is 16.0 Å². The third kappa shape index (κ3) is 2.11. The van der Waals surface area contributed by atoms with Gasteiger partial charge in [0.25, 0.3) is 0 Å². The average Bonchev–Trinajstić information content (AvgIpc) is 2.20. The molecule has 6 heteroatoms. The van der Waals surface area contributed by atoms with Crippen LogP contribution in [0.4, 0.5) is 13.2 Å². The number of H-pyrrole nitrogens is 1. The Morgan fingerprint density at radius 1 is 1.06 bits per heavy atom. The molecule has 0 atom stereocenters. The van der Waals surface area contributed by atoms with Gasteiger partial charge in [-0.05, 0) is 24.4 Å². The predicted molar refractivity (Wildman–Crippen MR) is 54.7 cm³/mol. The zero-order valence-corrected chi connectivity index (χ0v) is 8.62. The van der Waals surface area contributed by atoms with E-state index in [4.69, 9.17) is 12.2 Å². The fourth-order valence-electron chi connectivity index (χ4n) is 1.29. The van der Waals surface area contributed by atoms with Crippen LogP contribution in [0, 0.1) is 22.2 Å². The van der Waals surface area contributed by atoms with Crippen LogP contribution in [0.2, 0.25) is 0 Å². The molecule has 0 radical (unpaired) electrons. The van der Waals surface area contributed by atoms with Crippen LogP contribution in [0.15, 0.2) is 24.4 Å². The summed E-state index contributed by atoms with van der Waals surface area (Å²) in [4.78, 5) is 5.95. The number of nitrogens with one attached hydrogen (secondary N) is 1. The van der Waals surface area contributed by atoms with E-state index in [1.165, 1.54) is 0 Å². The minimum Gasteiger partial charge on any atom is -0.328 e. The molecule has 1 aromatic heterocycles. The zero-order valence-electron chi connectivity index (χ0n) is 7.80. The molecule has 2 aromatic rings. The van der Waals surface area contributed by atoms with Crippen LogP contribution < -0.4 is 0 Å². The van der Waals surface area contributed by atoms with Crippen LogP contribution in [0.1, 0.15) is 0 Å². The molecular formula is C10H5F3N2S. The molecule has 2 nitrogen and oxygen atoms in total. The summed E-state index contributed by atoms with van der Waals surface area (Å²) in [6, 6.07) is 2.72. The van der Waals surface area contributed by atoms with Crippen LogP contribution in [-0.2, 0) is 0 Å². The van der Waals surface area contributed by atoms with Crippen molar-refractivity contribution in [1.29, 1.82) is 0 Å². The summed E-state index contributed by atoms with van der Waals surface area (Å²) >= 11 is 4.70. The first-order valence-electron chi connectivity index (χ1n) is 4.27. The summed E-state index contributed by atoms with van der Waals surface area (Å²) in [5.41, 5.74) is -0.0399. The van der Waals surface area contributed by atoms with E-state index in [1.807, 2.05) is 0 Å². The number of hydrogen-bond acceptors (Lipinski definition) is 2. The highest BCUT2D eigenvalue weighted by Crippen LogP contribution is 2.21. The Bertz CT molecular complexity index is 575. The number of aromatic nitrogens is 2. The van der Waals surface area contributed by atoms with Crippen molar-refractivity contribution in [3.63, 3.8) is 0 Å². The summed E-state index contributed by atoms with van der Waals surface area (Å²) in [6.45, 7) is 0. The van der Waals surface area contributed by atoms with Gasteiger partial charge in [0, 0.05) is 11.6 Å². The molecule has 16 heavy (non-hydrogen) atoms. The SMILES string of the molecule is Fc1cc(F)cc(-c2[nH]c(=S)ncc2F)c1. The highest BCUT2D eigenvalue weighted by atomic mass is 32.1. The molecule has 1 N–H and O–H groups in total. The van der Waals surface area contributed by atoms with Gasteiger partial charge in [0.05, 0.1) is 11.9 Å². The van der Waals surface area contributed by atoms with Crippen molar-refractivity contribution < 1.29 is 13.2 Å². The Hall–Kier alpha value is -1.69. The first-order valence-corrected chi connectivity index (χ1v) is 4.68. The van der Waals surface area contributed by atoms with Gasteiger partial charge >= 0.3 is 0 Å². The lowest BCUT2D eigenvalue weighted by molar-refractivity contribution is 0.582. The standard InChI is InChI=1S/C10H5F3N2S/c11-6-1-5(2-7(12)3-6)9-8(13)4-14-10(16)15-9/h1-4H,(H,14,15,16).